The molecule has 0 saturated carbocycles. The number of carbonyl (C=O) groups is 1. The van der Waals surface area contributed by atoms with Crippen molar-refractivity contribution in [2.24, 2.45) is 0 Å². The van der Waals surface area contributed by atoms with Crippen molar-refractivity contribution in [1.29, 1.82) is 0 Å². The summed E-state index contributed by atoms with van der Waals surface area (Å²) in [6.07, 6.45) is 7.76. The number of amides is 1. The van der Waals surface area contributed by atoms with E-state index in [0.717, 1.165) is 28.7 Å². The fourth-order valence-electron chi connectivity index (χ4n) is 2.98. The number of anilines is 1. The molecule has 3 heterocycles. The molecule has 3 aromatic heterocycles. The number of fused-ring (bicyclic) bond motifs is 1. The molecule has 0 radical (unpaired) electrons. The molecule has 28 heavy (non-hydrogen) atoms. The van der Waals surface area contributed by atoms with Gasteiger partial charge in [-0.15, -0.1) is 12.4 Å². The quantitative estimate of drug-likeness (QED) is 0.450. The number of imidazole rings is 1. The molecule has 0 saturated heterocycles. The summed E-state index contributed by atoms with van der Waals surface area (Å²) >= 11 is 1.53. The highest BCUT2D eigenvalue weighted by atomic mass is 35.5. The van der Waals surface area contributed by atoms with Crippen LogP contribution in [-0.2, 0) is 6.54 Å². The smallest absolute Gasteiger partial charge is 0.295 e. The van der Waals surface area contributed by atoms with E-state index in [0.29, 0.717) is 17.4 Å². The Bertz CT molecular complexity index is 1060. The Morgan fingerprint density at radius 1 is 1.29 bits per heavy atom. The van der Waals surface area contributed by atoms with E-state index in [-0.39, 0.29) is 18.3 Å². The molecule has 4 rings (SSSR count). The second kappa shape index (κ2) is 8.58. The maximum atomic E-state index is 13.0. The van der Waals surface area contributed by atoms with E-state index in [2.05, 4.69) is 31.0 Å². The number of thiazole rings is 1. The molecule has 1 aromatic carbocycles. The predicted molar refractivity (Wildman–Crippen MR) is 114 cm³/mol. The van der Waals surface area contributed by atoms with Gasteiger partial charge in [0.05, 0.1) is 22.8 Å². The van der Waals surface area contributed by atoms with Crippen molar-refractivity contribution in [3.05, 3.63) is 66.1 Å². The topological polar surface area (TPSA) is 64.2 Å². The van der Waals surface area contributed by atoms with Gasteiger partial charge in [-0.05, 0) is 49.6 Å². The molecule has 8 heteroatoms. The molecule has 0 N–H and O–H groups in total. The molecule has 0 bridgehead atoms. The van der Waals surface area contributed by atoms with E-state index >= 15 is 0 Å². The Kier molecular flexibility index (Phi) is 6.16. The Morgan fingerprint density at radius 2 is 2.14 bits per heavy atom. The first-order chi connectivity index (χ1) is 13.1. The Balaban J connectivity index is 0.00000225. The van der Waals surface area contributed by atoms with Gasteiger partial charge in [-0.2, -0.15) is 0 Å². The zero-order chi connectivity index (χ0) is 18.8. The molecule has 0 spiro atoms. The number of furan rings is 1. The summed E-state index contributed by atoms with van der Waals surface area (Å²) < 4.78 is 8.42. The van der Waals surface area contributed by atoms with Crippen molar-refractivity contribution in [3.63, 3.8) is 0 Å². The number of hydrogen-bond acceptors (Lipinski definition) is 5. The number of halogens is 1. The van der Waals surface area contributed by atoms with E-state index < -0.39 is 0 Å². The molecule has 6 nitrogen and oxygen atoms in total. The standard InChI is InChI=1S/C20H20N4O2S.ClH/c1-14-6-7-17-18(15(14)2)22-20(27-17)24(19(25)16-5-3-12-26-16)10-4-9-23-11-8-21-13-23;/h3,5-8,11-13H,4,9-10H2,1-2H3;1H. The van der Waals surface area contributed by atoms with Crippen LogP contribution in [0, 0.1) is 13.8 Å². The van der Waals surface area contributed by atoms with Crippen molar-refractivity contribution in [2.75, 3.05) is 11.4 Å². The van der Waals surface area contributed by atoms with Crippen LogP contribution < -0.4 is 4.90 Å². The second-order valence-corrected chi connectivity index (χ2v) is 7.45. The molecule has 0 unspecified atom stereocenters. The maximum absolute atomic E-state index is 13.0. The molecule has 0 aliphatic rings. The minimum Gasteiger partial charge on any atom is -0.459 e. The van der Waals surface area contributed by atoms with E-state index in [1.165, 1.54) is 23.2 Å². The minimum atomic E-state index is -0.168. The monoisotopic (exact) mass is 416 g/mol. The fraction of sp³-hybridized carbons (Fsp3) is 0.250. The number of benzene rings is 1. The molecule has 0 aliphatic carbocycles. The van der Waals surface area contributed by atoms with Crippen LogP contribution in [0.15, 0.2) is 53.7 Å². The average Bonchev–Trinajstić information content (AvgIpc) is 3.42. The third kappa shape index (κ3) is 3.95. The highest BCUT2D eigenvalue weighted by Crippen LogP contribution is 2.32. The molecular formula is C20H21ClN4O2S. The lowest BCUT2D eigenvalue weighted by Gasteiger charge is -2.18. The van der Waals surface area contributed by atoms with Gasteiger partial charge in [0.15, 0.2) is 10.9 Å². The highest BCUT2D eigenvalue weighted by Gasteiger charge is 2.23. The normalized spacial score (nSPS) is 10.8. The number of hydrogen-bond donors (Lipinski definition) is 0. The summed E-state index contributed by atoms with van der Waals surface area (Å²) in [4.78, 5) is 23.6. The largest absolute Gasteiger partial charge is 0.459 e. The van der Waals surface area contributed by atoms with Gasteiger partial charge in [-0.25, -0.2) is 9.97 Å². The predicted octanol–water partition coefficient (Wildman–Crippen LogP) is 4.86. The number of nitrogens with zero attached hydrogens (tertiary/aromatic N) is 4. The lowest BCUT2D eigenvalue weighted by molar-refractivity contribution is 0.0959. The van der Waals surface area contributed by atoms with Crippen LogP contribution in [0.5, 0.6) is 0 Å². The van der Waals surface area contributed by atoms with Gasteiger partial charge in [-0.1, -0.05) is 17.4 Å². The third-order valence-corrected chi connectivity index (χ3v) is 5.68. The van der Waals surface area contributed by atoms with Crippen LogP contribution in [-0.4, -0.2) is 27.0 Å². The Hall–Kier alpha value is -2.64. The SMILES string of the molecule is Cc1ccc2sc(N(CCCn3ccnc3)C(=O)c3ccco3)nc2c1C.Cl. The van der Waals surface area contributed by atoms with Gasteiger partial charge < -0.3 is 8.98 Å². The van der Waals surface area contributed by atoms with Crippen LogP contribution in [0.4, 0.5) is 5.13 Å². The van der Waals surface area contributed by atoms with Crippen molar-refractivity contribution in [1.82, 2.24) is 14.5 Å². The van der Waals surface area contributed by atoms with Gasteiger partial charge in [0, 0.05) is 25.5 Å². The minimum absolute atomic E-state index is 0. The number of rotatable bonds is 6. The third-order valence-electron chi connectivity index (χ3n) is 4.64. The van der Waals surface area contributed by atoms with Crippen LogP contribution in [0.2, 0.25) is 0 Å². The van der Waals surface area contributed by atoms with Gasteiger partial charge in [-0.3, -0.25) is 9.69 Å². The van der Waals surface area contributed by atoms with Crippen LogP contribution in [0.1, 0.15) is 28.1 Å². The van der Waals surface area contributed by atoms with Gasteiger partial charge in [0.2, 0.25) is 0 Å². The maximum Gasteiger partial charge on any atom is 0.295 e. The first-order valence-corrected chi connectivity index (χ1v) is 9.63. The van der Waals surface area contributed by atoms with E-state index in [1.54, 1.807) is 29.6 Å². The second-order valence-electron chi connectivity index (χ2n) is 6.44. The van der Waals surface area contributed by atoms with Crippen LogP contribution >= 0.6 is 23.7 Å². The van der Waals surface area contributed by atoms with E-state index in [9.17, 15) is 4.79 Å². The average molecular weight is 417 g/mol. The van der Waals surface area contributed by atoms with E-state index in [4.69, 9.17) is 9.40 Å². The van der Waals surface area contributed by atoms with Gasteiger partial charge in [0.25, 0.3) is 5.91 Å². The Labute approximate surface area is 173 Å². The van der Waals surface area contributed by atoms with Gasteiger partial charge >= 0.3 is 0 Å². The van der Waals surface area contributed by atoms with Crippen molar-refractivity contribution in [2.45, 2.75) is 26.8 Å². The first-order valence-electron chi connectivity index (χ1n) is 8.81. The molecule has 146 valence electrons. The zero-order valence-corrected chi connectivity index (χ0v) is 17.3. The van der Waals surface area contributed by atoms with Crippen molar-refractivity contribution < 1.29 is 9.21 Å². The molecule has 0 atom stereocenters. The zero-order valence-electron chi connectivity index (χ0n) is 15.7. The number of aromatic nitrogens is 3. The number of aryl methyl sites for hydroxylation is 3. The highest BCUT2D eigenvalue weighted by molar-refractivity contribution is 7.22. The fourth-order valence-corrected chi connectivity index (χ4v) is 4.03. The summed E-state index contributed by atoms with van der Waals surface area (Å²) in [5.41, 5.74) is 3.31. The lowest BCUT2D eigenvalue weighted by Crippen LogP contribution is -2.32. The summed E-state index contributed by atoms with van der Waals surface area (Å²) in [6, 6.07) is 7.58. The Morgan fingerprint density at radius 3 is 2.86 bits per heavy atom. The van der Waals surface area contributed by atoms with Crippen molar-refractivity contribution >= 4 is 45.0 Å². The molecule has 0 aliphatic heterocycles. The summed E-state index contributed by atoms with van der Waals surface area (Å²) in [6.45, 7) is 5.48. The first kappa shape index (κ1) is 20.1. The summed E-state index contributed by atoms with van der Waals surface area (Å²) in [5.74, 6) is 0.156. The lowest BCUT2D eigenvalue weighted by atomic mass is 10.1. The van der Waals surface area contributed by atoms with Crippen LogP contribution in [0.25, 0.3) is 10.2 Å². The van der Waals surface area contributed by atoms with E-state index in [1.807, 2.05) is 10.8 Å². The summed E-state index contributed by atoms with van der Waals surface area (Å²) in [5, 5.41) is 0.700. The van der Waals surface area contributed by atoms with Crippen molar-refractivity contribution in [3.8, 4) is 0 Å². The molecule has 0 fully saturated rings. The number of carbonyl (C=O) groups excluding carboxylic acids is 1. The molecule has 4 aromatic rings. The van der Waals surface area contributed by atoms with Gasteiger partial charge in [0.1, 0.15) is 0 Å². The van der Waals surface area contributed by atoms with Crippen LogP contribution in [0.3, 0.4) is 0 Å². The molecular weight excluding hydrogens is 396 g/mol. The molecule has 1 amide bonds. The summed E-state index contributed by atoms with van der Waals surface area (Å²) in [7, 11) is 0.